The molecule has 1 amide bonds. The number of halogens is 2. The van der Waals surface area contributed by atoms with E-state index < -0.39 is 17.5 Å². The van der Waals surface area contributed by atoms with Crippen LogP contribution in [0.2, 0.25) is 0 Å². The van der Waals surface area contributed by atoms with Gasteiger partial charge in [0.15, 0.2) is 5.76 Å². The lowest BCUT2D eigenvalue weighted by Crippen LogP contribution is -2.62. The molecule has 0 spiro atoms. The Kier molecular flexibility index (Phi) is 4.03. The first-order valence-electron chi connectivity index (χ1n) is 8.49. The Balaban J connectivity index is 1.51. The zero-order chi connectivity index (χ0) is 17.6. The number of oxazole rings is 1. The van der Waals surface area contributed by atoms with E-state index in [1.54, 1.807) is 0 Å². The summed E-state index contributed by atoms with van der Waals surface area (Å²) in [6, 6.07) is 3.51. The maximum absolute atomic E-state index is 13.8. The van der Waals surface area contributed by atoms with Crippen molar-refractivity contribution < 1.29 is 18.0 Å². The molecule has 1 aromatic carbocycles. The second-order valence-electron chi connectivity index (χ2n) is 6.77. The van der Waals surface area contributed by atoms with Gasteiger partial charge < -0.3 is 9.73 Å². The van der Waals surface area contributed by atoms with Gasteiger partial charge in [0.05, 0.1) is 11.8 Å². The lowest BCUT2D eigenvalue weighted by atomic mass is 9.79. The Morgan fingerprint density at radius 3 is 2.76 bits per heavy atom. The Morgan fingerprint density at radius 1 is 1.32 bits per heavy atom. The van der Waals surface area contributed by atoms with Gasteiger partial charge in [0.1, 0.15) is 11.6 Å². The zero-order valence-electron chi connectivity index (χ0n) is 13.8. The molecule has 1 aromatic heterocycles. The first kappa shape index (κ1) is 16.2. The number of fused-ring (bicyclic) bond motifs is 3. The second-order valence-corrected chi connectivity index (χ2v) is 6.77. The molecule has 7 heteroatoms. The van der Waals surface area contributed by atoms with Crippen molar-refractivity contribution >= 4 is 5.91 Å². The molecule has 2 unspecified atom stereocenters. The van der Waals surface area contributed by atoms with Crippen molar-refractivity contribution in [1.82, 2.24) is 15.2 Å². The van der Waals surface area contributed by atoms with Crippen LogP contribution in [0.5, 0.6) is 0 Å². The maximum Gasteiger partial charge on any atom is 0.307 e. The number of aromatic nitrogens is 1. The minimum atomic E-state index is -0.755. The van der Waals surface area contributed by atoms with Crippen LogP contribution in [-0.2, 0) is 0 Å². The largest absolute Gasteiger partial charge is 0.432 e. The van der Waals surface area contributed by atoms with E-state index in [4.69, 9.17) is 4.42 Å². The van der Waals surface area contributed by atoms with E-state index in [0.29, 0.717) is 5.92 Å². The highest BCUT2D eigenvalue weighted by atomic mass is 19.1. The number of hydrogen-bond acceptors (Lipinski definition) is 4. The Morgan fingerprint density at radius 2 is 2.08 bits per heavy atom. The summed E-state index contributed by atoms with van der Waals surface area (Å²) < 4.78 is 32.3. The zero-order valence-corrected chi connectivity index (χ0v) is 13.8. The Hall–Kier alpha value is -2.28. The maximum atomic E-state index is 13.8. The molecule has 0 radical (unpaired) electrons. The number of amides is 1. The number of benzene rings is 1. The molecular formula is C18H19F2N3O2. The molecule has 5 rings (SSSR count). The highest BCUT2D eigenvalue weighted by Gasteiger charge is 2.40. The molecule has 3 fully saturated rings. The molecule has 1 N–H and O–H groups in total. The molecular weight excluding hydrogens is 328 g/mol. The van der Waals surface area contributed by atoms with Crippen molar-refractivity contribution in [1.29, 1.82) is 0 Å². The Labute approximate surface area is 144 Å². The smallest absolute Gasteiger partial charge is 0.307 e. The van der Waals surface area contributed by atoms with Crippen molar-refractivity contribution in [3.63, 3.8) is 0 Å². The number of piperidine rings is 3. The fourth-order valence-electron chi connectivity index (χ4n) is 3.95. The van der Waals surface area contributed by atoms with Gasteiger partial charge >= 0.3 is 5.91 Å². The molecule has 25 heavy (non-hydrogen) atoms. The van der Waals surface area contributed by atoms with Crippen LogP contribution in [-0.4, -0.2) is 41.0 Å². The summed E-state index contributed by atoms with van der Waals surface area (Å²) >= 11 is 0. The molecule has 0 aliphatic carbocycles. The van der Waals surface area contributed by atoms with E-state index in [-0.39, 0.29) is 29.3 Å². The third-order valence-electron chi connectivity index (χ3n) is 5.37. The van der Waals surface area contributed by atoms with Crippen LogP contribution in [0, 0.1) is 17.6 Å². The predicted octanol–water partition coefficient (Wildman–Crippen LogP) is 2.83. The summed E-state index contributed by atoms with van der Waals surface area (Å²) in [5.74, 6) is -1.37. The van der Waals surface area contributed by atoms with Crippen LogP contribution in [0.3, 0.4) is 0 Å². The van der Waals surface area contributed by atoms with Crippen molar-refractivity contribution in [3.05, 3.63) is 41.9 Å². The molecule has 2 bridgehead atoms. The summed E-state index contributed by atoms with van der Waals surface area (Å²) in [4.78, 5) is 18.8. The fraction of sp³-hybridized carbons (Fsp3) is 0.444. The van der Waals surface area contributed by atoms with Crippen molar-refractivity contribution in [3.8, 4) is 11.3 Å². The van der Waals surface area contributed by atoms with Crippen LogP contribution >= 0.6 is 0 Å². The highest BCUT2D eigenvalue weighted by molar-refractivity contribution is 5.90. The third-order valence-corrected chi connectivity index (χ3v) is 5.37. The van der Waals surface area contributed by atoms with Gasteiger partial charge in [0.2, 0.25) is 0 Å². The van der Waals surface area contributed by atoms with Gasteiger partial charge in [-0.25, -0.2) is 13.8 Å². The average molecular weight is 347 g/mol. The van der Waals surface area contributed by atoms with Crippen molar-refractivity contribution in [2.45, 2.75) is 31.8 Å². The van der Waals surface area contributed by atoms with Gasteiger partial charge in [-0.15, -0.1) is 0 Å². The van der Waals surface area contributed by atoms with E-state index in [0.717, 1.165) is 38.1 Å². The van der Waals surface area contributed by atoms with E-state index in [9.17, 15) is 13.6 Å². The molecule has 3 aliphatic rings. The number of nitrogens with zero attached hydrogens (tertiary/aromatic N) is 2. The first-order valence-corrected chi connectivity index (χ1v) is 8.49. The first-order chi connectivity index (χ1) is 12.0. The Bertz CT molecular complexity index is 797. The van der Waals surface area contributed by atoms with Gasteiger partial charge in [-0.1, -0.05) is 0 Å². The van der Waals surface area contributed by atoms with Gasteiger partial charge in [-0.2, -0.15) is 0 Å². The van der Waals surface area contributed by atoms with Crippen LogP contribution in [0.15, 0.2) is 28.8 Å². The topological polar surface area (TPSA) is 58.4 Å². The van der Waals surface area contributed by atoms with Crippen molar-refractivity contribution in [2.75, 3.05) is 13.1 Å². The summed E-state index contributed by atoms with van der Waals surface area (Å²) in [5.41, 5.74) is 0.0733. The molecule has 2 atom stereocenters. The van der Waals surface area contributed by atoms with E-state index in [2.05, 4.69) is 22.1 Å². The minimum absolute atomic E-state index is 0.0629. The van der Waals surface area contributed by atoms with Crippen LogP contribution in [0.1, 0.15) is 30.5 Å². The monoisotopic (exact) mass is 347 g/mol. The minimum Gasteiger partial charge on any atom is -0.432 e. The molecule has 3 aliphatic heterocycles. The summed E-state index contributed by atoms with van der Waals surface area (Å²) in [7, 11) is 0. The lowest BCUT2D eigenvalue weighted by molar-refractivity contribution is 0.0210. The molecule has 0 saturated carbocycles. The predicted molar refractivity (Wildman–Crippen MR) is 86.9 cm³/mol. The van der Waals surface area contributed by atoms with E-state index in [1.807, 2.05) is 0 Å². The summed E-state index contributed by atoms with van der Waals surface area (Å²) in [6.45, 7) is 4.27. The quantitative estimate of drug-likeness (QED) is 0.928. The average Bonchev–Trinajstić information content (AvgIpc) is 3.08. The van der Waals surface area contributed by atoms with Crippen LogP contribution in [0.25, 0.3) is 11.3 Å². The summed E-state index contributed by atoms with van der Waals surface area (Å²) in [6.07, 6.45) is 3.44. The number of carbonyl (C=O) groups excluding carboxylic acids is 1. The molecule has 5 nitrogen and oxygen atoms in total. The van der Waals surface area contributed by atoms with Gasteiger partial charge in [-0.05, 0) is 50.9 Å². The molecule has 4 heterocycles. The third kappa shape index (κ3) is 2.93. The normalized spacial score (nSPS) is 28.1. The molecule has 3 saturated heterocycles. The highest BCUT2D eigenvalue weighted by Crippen LogP contribution is 2.32. The van der Waals surface area contributed by atoms with Gasteiger partial charge in [0.25, 0.3) is 5.89 Å². The number of rotatable bonds is 3. The molecule has 132 valence electrons. The standard InChI is InChI=1S/C18H19F2N3O2/c1-10-16(11-4-6-23(10)7-5-11)22-17(24)18-21-9-15(25-18)13-3-2-12(19)8-14(13)20/h2-3,8-11,16H,4-7H2,1H3,(H,22,24). The second kappa shape index (κ2) is 6.22. The number of hydrogen-bond donors (Lipinski definition) is 1. The lowest BCUT2D eigenvalue weighted by Gasteiger charge is -2.49. The van der Waals surface area contributed by atoms with Crippen LogP contribution < -0.4 is 5.32 Å². The van der Waals surface area contributed by atoms with E-state index in [1.165, 1.54) is 12.3 Å². The van der Waals surface area contributed by atoms with E-state index >= 15 is 0 Å². The van der Waals surface area contributed by atoms with Crippen molar-refractivity contribution in [2.24, 2.45) is 5.92 Å². The number of nitrogens with one attached hydrogen (secondary N) is 1. The SMILES string of the molecule is CC1C(NC(=O)c2ncc(-c3ccc(F)cc3F)o2)C2CCN1CC2. The fourth-order valence-corrected chi connectivity index (χ4v) is 3.95. The molecule has 2 aromatic rings. The summed E-state index contributed by atoms with van der Waals surface area (Å²) in [5, 5.41) is 3.01. The van der Waals surface area contributed by atoms with Gasteiger partial charge in [0, 0.05) is 18.2 Å². The van der Waals surface area contributed by atoms with Gasteiger partial charge in [-0.3, -0.25) is 9.69 Å². The van der Waals surface area contributed by atoms with Crippen LogP contribution in [0.4, 0.5) is 8.78 Å². The number of carbonyl (C=O) groups is 1.